The fourth-order valence-electron chi connectivity index (χ4n) is 1.45. The molecule has 11 heteroatoms. The van der Waals surface area contributed by atoms with Gasteiger partial charge in [0.05, 0.1) is 0 Å². The summed E-state index contributed by atoms with van der Waals surface area (Å²) in [4.78, 5) is 0. The molecule has 1 nitrogen and oxygen atoms in total. The van der Waals surface area contributed by atoms with Gasteiger partial charge in [0, 0.05) is 0 Å². The van der Waals surface area contributed by atoms with Gasteiger partial charge in [-0.1, -0.05) is 12.1 Å². The fourth-order valence-corrected chi connectivity index (χ4v) is 1.45. The zero-order valence-corrected chi connectivity index (χ0v) is 10.1. The van der Waals surface area contributed by atoms with Crippen molar-refractivity contribution < 1.29 is 49.0 Å². The Morgan fingerprint density at radius 1 is 0.818 bits per heavy atom. The van der Waals surface area contributed by atoms with Crippen molar-refractivity contribution in [1.82, 2.24) is 0 Å². The Kier molecular flexibility index (Phi) is 4.45. The van der Waals surface area contributed by atoms with Gasteiger partial charge in [-0.3, -0.25) is 0 Å². The lowest BCUT2D eigenvalue weighted by molar-refractivity contribution is -0.406. The minimum atomic E-state index is -7.11. The van der Waals surface area contributed by atoms with Crippen molar-refractivity contribution in [3.05, 3.63) is 35.6 Å². The van der Waals surface area contributed by atoms with Crippen LogP contribution in [0.2, 0.25) is 0 Å². The summed E-state index contributed by atoms with van der Waals surface area (Å²) in [5.41, 5.74) is -1.29. The van der Waals surface area contributed by atoms with Crippen LogP contribution < -0.4 is 0 Å². The topological polar surface area (TPSA) is 20.2 Å². The monoisotopic (exact) mass is 344 g/mol. The number of benzene rings is 1. The first-order valence-electron chi connectivity index (χ1n) is 5.30. The average molecular weight is 344 g/mol. The summed E-state index contributed by atoms with van der Waals surface area (Å²) >= 11 is 0. The molecule has 0 aliphatic rings. The van der Waals surface area contributed by atoms with E-state index in [0.29, 0.717) is 18.2 Å². The molecule has 1 aromatic rings. The Balaban J connectivity index is 3.32. The van der Waals surface area contributed by atoms with Crippen LogP contribution >= 0.6 is 0 Å². The number of hydrogen-bond donors (Lipinski definition) is 1. The maximum absolute atomic E-state index is 13.3. The van der Waals surface area contributed by atoms with Gasteiger partial charge in [-0.25, -0.2) is 4.39 Å². The summed E-state index contributed by atoms with van der Waals surface area (Å²) in [5, 5.41) is 9.04. The van der Waals surface area contributed by atoms with Crippen molar-refractivity contribution in [1.29, 1.82) is 0 Å². The van der Waals surface area contributed by atoms with Gasteiger partial charge in [0.15, 0.2) is 0 Å². The number of hydrogen-bond acceptors (Lipinski definition) is 1. The van der Waals surface area contributed by atoms with Gasteiger partial charge >= 0.3 is 23.9 Å². The van der Waals surface area contributed by atoms with E-state index in [2.05, 4.69) is 0 Å². The predicted octanol–water partition coefficient (Wildman–Crippen LogP) is 4.33. The zero-order valence-electron chi connectivity index (χ0n) is 10.1. The molecule has 0 heterocycles. The minimum absolute atomic E-state index is 0.0976. The van der Waals surface area contributed by atoms with Crippen molar-refractivity contribution in [2.24, 2.45) is 0 Å². The van der Waals surface area contributed by atoms with Crippen LogP contribution in [-0.2, 0) is 0 Å². The third-order valence-electron chi connectivity index (χ3n) is 2.68. The molecule has 0 spiro atoms. The van der Waals surface area contributed by atoms with Crippen molar-refractivity contribution in [3.63, 3.8) is 0 Å². The van der Waals surface area contributed by atoms with Gasteiger partial charge in [0.2, 0.25) is 0 Å². The summed E-state index contributed by atoms with van der Waals surface area (Å²) in [5.74, 6) is -21.6. The van der Waals surface area contributed by atoms with Gasteiger partial charge in [-0.2, -0.15) is 39.5 Å². The smallest absolute Gasteiger partial charge is 0.382 e. The maximum Gasteiger partial charge on any atom is 0.460 e. The Hall–Kier alpha value is -1.52. The van der Waals surface area contributed by atoms with Crippen molar-refractivity contribution in [2.45, 2.75) is 30.0 Å². The molecular weight excluding hydrogens is 338 g/mol. The Morgan fingerprint density at radius 3 is 1.73 bits per heavy atom. The van der Waals surface area contributed by atoms with Crippen LogP contribution in [0.3, 0.4) is 0 Å². The lowest BCUT2D eigenvalue weighted by Crippen LogP contribution is -2.62. The van der Waals surface area contributed by atoms with Crippen LogP contribution in [0.5, 0.6) is 0 Å². The van der Waals surface area contributed by atoms with Crippen LogP contribution in [0, 0.1) is 5.82 Å². The van der Waals surface area contributed by atoms with E-state index in [1.165, 1.54) is 0 Å². The van der Waals surface area contributed by atoms with E-state index in [9.17, 15) is 43.9 Å². The summed E-state index contributed by atoms with van der Waals surface area (Å²) in [6.07, 6.45) is -10.8. The zero-order chi connectivity index (χ0) is 17.6. The maximum atomic E-state index is 13.3. The van der Waals surface area contributed by atoms with Gasteiger partial charge in [0.1, 0.15) is 11.9 Å². The highest BCUT2D eigenvalue weighted by Gasteiger charge is 2.83. The molecule has 1 aromatic carbocycles. The third-order valence-corrected chi connectivity index (χ3v) is 2.68. The van der Waals surface area contributed by atoms with E-state index in [1.54, 1.807) is 0 Å². The van der Waals surface area contributed by atoms with Gasteiger partial charge in [-0.15, -0.1) is 0 Å². The van der Waals surface area contributed by atoms with Crippen LogP contribution in [0.15, 0.2) is 24.3 Å². The molecule has 1 atom stereocenters. The molecule has 0 aliphatic carbocycles. The fraction of sp³-hybridized carbons (Fsp3) is 0.455. The molecule has 0 fully saturated rings. The van der Waals surface area contributed by atoms with Crippen LogP contribution in [-0.4, -0.2) is 29.1 Å². The second-order valence-corrected chi connectivity index (χ2v) is 4.23. The van der Waals surface area contributed by atoms with E-state index in [0.717, 1.165) is 0 Å². The molecule has 0 aromatic heterocycles. The Morgan fingerprint density at radius 2 is 1.32 bits per heavy atom. The molecule has 1 unspecified atom stereocenters. The second kappa shape index (κ2) is 5.28. The number of aliphatic hydroxyl groups is 1. The number of rotatable bonds is 4. The van der Waals surface area contributed by atoms with Crippen LogP contribution in [0.1, 0.15) is 11.7 Å². The second-order valence-electron chi connectivity index (χ2n) is 4.23. The van der Waals surface area contributed by atoms with E-state index in [4.69, 9.17) is 5.11 Å². The summed E-state index contributed by atoms with van der Waals surface area (Å²) in [6.45, 7) is 0. The molecule has 22 heavy (non-hydrogen) atoms. The molecule has 0 saturated heterocycles. The van der Waals surface area contributed by atoms with Gasteiger partial charge < -0.3 is 5.11 Å². The molecule has 0 radical (unpaired) electrons. The first-order valence-corrected chi connectivity index (χ1v) is 5.30. The highest BCUT2D eigenvalue weighted by atomic mass is 19.4. The lowest BCUT2D eigenvalue weighted by atomic mass is 9.94. The quantitative estimate of drug-likeness (QED) is 0.807. The SMILES string of the molecule is OC(c1cccc(F)c1)C(F)(F)C(F)(F)C(F)(F)C(F)(F)F. The Labute approximate surface area is 116 Å². The molecule has 1 N–H and O–H groups in total. The van der Waals surface area contributed by atoms with Crippen LogP contribution in [0.4, 0.5) is 43.9 Å². The average Bonchev–Trinajstić information content (AvgIpc) is 2.35. The molecule has 0 aliphatic heterocycles. The highest BCUT2D eigenvalue weighted by Crippen LogP contribution is 2.56. The summed E-state index contributed by atoms with van der Waals surface area (Å²) in [6, 6.07) is 1.88. The van der Waals surface area contributed by atoms with Crippen molar-refractivity contribution in [3.8, 4) is 0 Å². The number of alkyl halides is 9. The number of aliphatic hydroxyl groups excluding tert-OH is 1. The van der Waals surface area contributed by atoms with Crippen LogP contribution in [0.25, 0.3) is 0 Å². The summed E-state index contributed by atoms with van der Waals surface area (Å²) < 4.78 is 126. The summed E-state index contributed by atoms with van der Waals surface area (Å²) in [7, 11) is 0. The molecule has 0 saturated carbocycles. The molecule has 0 amide bonds. The first-order chi connectivity index (χ1) is 9.66. The van der Waals surface area contributed by atoms with E-state index in [-0.39, 0.29) is 6.07 Å². The van der Waals surface area contributed by atoms with Gasteiger partial charge in [0.25, 0.3) is 0 Å². The number of halogens is 10. The molecule has 1 rings (SSSR count). The predicted molar refractivity (Wildman–Crippen MR) is 52.3 cm³/mol. The molecule has 126 valence electrons. The highest BCUT2D eigenvalue weighted by molar-refractivity contribution is 5.22. The minimum Gasteiger partial charge on any atom is -0.382 e. The third kappa shape index (κ3) is 2.73. The van der Waals surface area contributed by atoms with E-state index < -0.39 is 41.4 Å². The Bertz CT molecular complexity index is 536. The lowest BCUT2D eigenvalue weighted by Gasteiger charge is -2.35. The normalized spacial score (nSPS) is 15.8. The van der Waals surface area contributed by atoms with Gasteiger partial charge in [-0.05, 0) is 17.7 Å². The molecule has 0 bridgehead atoms. The largest absolute Gasteiger partial charge is 0.460 e. The molecular formula is C11H6F10O. The van der Waals surface area contributed by atoms with Crippen molar-refractivity contribution in [2.75, 3.05) is 0 Å². The van der Waals surface area contributed by atoms with E-state index >= 15 is 0 Å². The van der Waals surface area contributed by atoms with Crippen molar-refractivity contribution >= 4 is 0 Å². The first kappa shape index (κ1) is 18.5. The standard InChI is InChI=1S/C11H6F10O/c12-6-3-1-2-5(4-6)7(22)8(13,14)9(15,16)10(17,18)11(19,20)21/h1-4,7,22H. The van der Waals surface area contributed by atoms with E-state index in [1.807, 2.05) is 0 Å².